The van der Waals surface area contributed by atoms with Crippen LogP contribution in [-0.2, 0) is 6.42 Å². The SMILES string of the molecule is NNc1nc2c(n1N)NCCC2. The van der Waals surface area contributed by atoms with E-state index in [4.69, 9.17) is 11.7 Å². The van der Waals surface area contributed by atoms with E-state index >= 15 is 0 Å². The number of nitrogens with one attached hydrogen (secondary N) is 2. The van der Waals surface area contributed by atoms with Crippen LogP contribution in [0.3, 0.4) is 0 Å². The molecule has 0 aliphatic carbocycles. The lowest BCUT2D eigenvalue weighted by Crippen LogP contribution is -2.21. The molecule has 6 heteroatoms. The Morgan fingerprint density at radius 2 is 2.42 bits per heavy atom. The van der Waals surface area contributed by atoms with Gasteiger partial charge in [-0.1, -0.05) is 0 Å². The van der Waals surface area contributed by atoms with Crippen LogP contribution < -0.4 is 22.4 Å². The Bertz CT molecular complexity index is 290. The van der Waals surface area contributed by atoms with E-state index in [-0.39, 0.29) is 0 Å². The fraction of sp³-hybridized carbons (Fsp3) is 0.500. The first-order valence-corrected chi connectivity index (χ1v) is 3.90. The summed E-state index contributed by atoms with van der Waals surface area (Å²) < 4.78 is 1.44. The van der Waals surface area contributed by atoms with E-state index in [1.54, 1.807) is 0 Å². The third-order valence-electron chi connectivity index (χ3n) is 2.00. The second-order valence-electron chi connectivity index (χ2n) is 2.78. The van der Waals surface area contributed by atoms with E-state index in [1.807, 2.05) is 0 Å². The molecule has 0 unspecified atom stereocenters. The summed E-state index contributed by atoms with van der Waals surface area (Å²) >= 11 is 0. The summed E-state index contributed by atoms with van der Waals surface area (Å²) in [5, 5.41) is 3.17. The van der Waals surface area contributed by atoms with Gasteiger partial charge >= 0.3 is 0 Å². The fourth-order valence-electron chi connectivity index (χ4n) is 1.41. The molecule has 2 rings (SSSR count). The van der Waals surface area contributed by atoms with Gasteiger partial charge in [-0.25, -0.2) is 15.5 Å². The summed E-state index contributed by atoms with van der Waals surface area (Å²) in [4.78, 5) is 4.21. The maximum Gasteiger partial charge on any atom is 0.238 e. The molecule has 6 nitrogen and oxygen atoms in total. The van der Waals surface area contributed by atoms with Crippen molar-refractivity contribution in [2.75, 3.05) is 23.1 Å². The van der Waals surface area contributed by atoms with Crippen LogP contribution >= 0.6 is 0 Å². The molecule has 2 heterocycles. The zero-order valence-corrected chi connectivity index (χ0v) is 6.67. The Morgan fingerprint density at radius 1 is 1.58 bits per heavy atom. The average Bonchev–Trinajstić information content (AvgIpc) is 2.44. The van der Waals surface area contributed by atoms with Gasteiger partial charge < -0.3 is 11.2 Å². The lowest BCUT2D eigenvalue weighted by atomic mass is 10.2. The molecular formula is C6H12N6. The van der Waals surface area contributed by atoms with E-state index in [2.05, 4.69) is 15.7 Å². The Kier molecular flexibility index (Phi) is 1.54. The molecule has 1 aliphatic heterocycles. The average molecular weight is 168 g/mol. The van der Waals surface area contributed by atoms with Gasteiger partial charge in [-0.05, 0) is 12.8 Å². The first-order chi connectivity index (χ1) is 5.83. The minimum absolute atomic E-state index is 0.495. The first kappa shape index (κ1) is 7.23. The fourth-order valence-corrected chi connectivity index (χ4v) is 1.41. The lowest BCUT2D eigenvalue weighted by molar-refractivity contribution is 0.800. The molecule has 66 valence electrons. The van der Waals surface area contributed by atoms with Gasteiger partial charge in [0.25, 0.3) is 0 Å². The number of fused-ring (bicyclic) bond motifs is 1. The summed E-state index contributed by atoms with van der Waals surface area (Å²) in [5.74, 6) is 12.3. The summed E-state index contributed by atoms with van der Waals surface area (Å²) in [5.41, 5.74) is 3.42. The molecule has 1 aromatic rings. The van der Waals surface area contributed by atoms with Crippen molar-refractivity contribution in [2.24, 2.45) is 5.84 Å². The zero-order valence-electron chi connectivity index (χ0n) is 6.67. The molecule has 0 amide bonds. The van der Waals surface area contributed by atoms with Crippen molar-refractivity contribution in [3.63, 3.8) is 0 Å². The number of imidazole rings is 1. The number of anilines is 2. The Balaban J connectivity index is 2.44. The van der Waals surface area contributed by atoms with Crippen LogP contribution in [0.15, 0.2) is 0 Å². The molecule has 0 radical (unpaired) electrons. The molecule has 0 atom stereocenters. The van der Waals surface area contributed by atoms with Crippen molar-refractivity contribution in [1.82, 2.24) is 9.66 Å². The number of rotatable bonds is 1. The van der Waals surface area contributed by atoms with E-state index in [9.17, 15) is 0 Å². The summed E-state index contributed by atoms with van der Waals surface area (Å²) in [6.07, 6.45) is 2.05. The number of hydrogen-bond acceptors (Lipinski definition) is 5. The lowest BCUT2D eigenvalue weighted by Gasteiger charge is -2.13. The molecule has 0 fully saturated rings. The number of aryl methyl sites for hydroxylation is 1. The van der Waals surface area contributed by atoms with Crippen LogP contribution in [0.25, 0.3) is 0 Å². The first-order valence-electron chi connectivity index (χ1n) is 3.90. The van der Waals surface area contributed by atoms with Crippen molar-refractivity contribution in [1.29, 1.82) is 0 Å². The number of nitrogens with zero attached hydrogens (tertiary/aromatic N) is 2. The van der Waals surface area contributed by atoms with Gasteiger partial charge in [-0.2, -0.15) is 0 Å². The van der Waals surface area contributed by atoms with Crippen molar-refractivity contribution in [3.8, 4) is 0 Å². The molecule has 0 spiro atoms. The number of nitrogen functional groups attached to an aromatic ring is 2. The Hall–Kier alpha value is -1.43. The molecule has 0 aromatic carbocycles. The van der Waals surface area contributed by atoms with Gasteiger partial charge in [-0.15, -0.1) is 0 Å². The summed E-state index contributed by atoms with van der Waals surface area (Å²) in [7, 11) is 0. The topological polar surface area (TPSA) is 93.9 Å². The highest BCUT2D eigenvalue weighted by Gasteiger charge is 2.17. The summed E-state index contributed by atoms with van der Waals surface area (Å²) in [6.45, 7) is 0.944. The Morgan fingerprint density at radius 3 is 3.08 bits per heavy atom. The van der Waals surface area contributed by atoms with Crippen molar-refractivity contribution in [3.05, 3.63) is 5.69 Å². The number of hydrazine groups is 1. The van der Waals surface area contributed by atoms with E-state index in [1.165, 1.54) is 4.68 Å². The molecule has 0 saturated carbocycles. The standard InChI is InChI=1S/C6H12N6/c7-11-6-10-4-2-1-3-9-5(4)12(6)8/h9H,1-3,7-8H2,(H,10,11). The minimum Gasteiger partial charge on any atom is -0.368 e. The Labute approximate surface area is 69.9 Å². The molecule has 1 aliphatic rings. The highest BCUT2D eigenvalue weighted by molar-refractivity contribution is 5.51. The van der Waals surface area contributed by atoms with Gasteiger partial charge in [-0.3, -0.25) is 5.43 Å². The second-order valence-corrected chi connectivity index (χ2v) is 2.78. The molecule has 1 aromatic heterocycles. The number of aromatic nitrogens is 2. The third-order valence-corrected chi connectivity index (χ3v) is 2.00. The third kappa shape index (κ3) is 0.884. The van der Waals surface area contributed by atoms with Crippen LogP contribution in [0.2, 0.25) is 0 Å². The maximum atomic E-state index is 5.68. The van der Waals surface area contributed by atoms with Crippen LogP contribution in [0.4, 0.5) is 11.8 Å². The number of nitrogens with two attached hydrogens (primary N) is 2. The van der Waals surface area contributed by atoms with E-state index in [0.29, 0.717) is 5.95 Å². The van der Waals surface area contributed by atoms with Gasteiger partial charge in [0, 0.05) is 6.54 Å². The molecule has 0 saturated heterocycles. The predicted molar refractivity (Wildman–Crippen MR) is 47.0 cm³/mol. The second kappa shape index (κ2) is 2.56. The van der Waals surface area contributed by atoms with Crippen LogP contribution in [-0.4, -0.2) is 16.2 Å². The maximum absolute atomic E-state index is 5.68. The van der Waals surface area contributed by atoms with Crippen molar-refractivity contribution >= 4 is 11.8 Å². The predicted octanol–water partition coefficient (Wildman–Crippen LogP) is -0.759. The summed E-state index contributed by atoms with van der Waals surface area (Å²) in [6, 6.07) is 0. The van der Waals surface area contributed by atoms with Gasteiger partial charge in [0.2, 0.25) is 5.95 Å². The number of hydrogen-bond donors (Lipinski definition) is 4. The quantitative estimate of drug-likeness (QED) is 0.327. The smallest absolute Gasteiger partial charge is 0.238 e. The normalized spacial score (nSPS) is 15.1. The minimum atomic E-state index is 0.495. The van der Waals surface area contributed by atoms with Crippen molar-refractivity contribution in [2.45, 2.75) is 12.8 Å². The van der Waals surface area contributed by atoms with Gasteiger partial charge in [0.05, 0.1) is 5.69 Å². The van der Waals surface area contributed by atoms with E-state index < -0.39 is 0 Å². The van der Waals surface area contributed by atoms with Gasteiger partial charge in [0.1, 0.15) is 0 Å². The molecule has 12 heavy (non-hydrogen) atoms. The van der Waals surface area contributed by atoms with E-state index in [0.717, 1.165) is 30.9 Å². The van der Waals surface area contributed by atoms with Crippen LogP contribution in [0.1, 0.15) is 12.1 Å². The van der Waals surface area contributed by atoms with Crippen LogP contribution in [0, 0.1) is 0 Å². The van der Waals surface area contributed by atoms with Crippen LogP contribution in [0.5, 0.6) is 0 Å². The van der Waals surface area contributed by atoms with Crippen molar-refractivity contribution < 1.29 is 0 Å². The van der Waals surface area contributed by atoms with Gasteiger partial charge in [0.15, 0.2) is 5.82 Å². The molecular weight excluding hydrogens is 156 g/mol. The highest BCUT2D eigenvalue weighted by Crippen LogP contribution is 2.22. The molecule has 0 bridgehead atoms. The largest absolute Gasteiger partial charge is 0.368 e. The highest BCUT2D eigenvalue weighted by atomic mass is 15.5. The zero-order chi connectivity index (χ0) is 8.55. The molecule has 6 N–H and O–H groups in total. The monoisotopic (exact) mass is 168 g/mol.